The normalized spacial score (nSPS) is 15.8. The summed E-state index contributed by atoms with van der Waals surface area (Å²) in [4.78, 5) is 2.19. The Morgan fingerprint density at radius 3 is 2.72 bits per heavy atom. The summed E-state index contributed by atoms with van der Waals surface area (Å²) < 4.78 is 6.28. The molecule has 9 heteroatoms. The second-order valence-corrected chi connectivity index (χ2v) is 6.92. The van der Waals surface area contributed by atoms with E-state index in [4.69, 9.17) is 4.63 Å². The molecule has 2 aromatic heterocycles. The number of tetrazole rings is 1. The Morgan fingerprint density at radius 1 is 1.10 bits per heavy atom. The monoisotopic (exact) mass is 386 g/mol. The predicted molar refractivity (Wildman–Crippen MR) is 103 cm³/mol. The molecule has 0 bridgehead atoms. The molecule has 0 unspecified atom stereocenters. The molecule has 0 saturated carbocycles. The molecule has 3 heterocycles. The van der Waals surface area contributed by atoms with Crippen LogP contribution in [0.25, 0.3) is 16.7 Å². The molecule has 1 fully saturated rings. The molecule has 1 aliphatic heterocycles. The zero-order valence-electron chi connectivity index (χ0n) is 15.4. The topological polar surface area (TPSA) is 106 Å². The number of nitrogens with zero attached hydrogens (tertiary/aromatic N) is 7. The summed E-state index contributed by atoms with van der Waals surface area (Å²) in [7, 11) is 0. The predicted octanol–water partition coefficient (Wildman–Crippen LogP) is 1.38. The first kappa shape index (κ1) is 17.3. The lowest BCUT2D eigenvalue weighted by Gasteiger charge is -2.36. The molecule has 1 saturated heterocycles. The van der Waals surface area contributed by atoms with Gasteiger partial charge in [-0.25, -0.2) is 9.31 Å². The number of hydrogen-bond donors (Lipinski definition) is 1. The summed E-state index contributed by atoms with van der Waals surface area (Å²) in [6.07, 6.45) is 2.64. The number of rotatable bonds is 2. The van der Waals surface area contributed by atoms with Crippen molar-refractivity contribution >= 4 is 16.7 Å². The van der Waals surface area contributed by atoms with Gasteiger partial charge in [-0.15, -0.1) is 5.10 Å². The van der Waals surface area contributed by atoms with Crippen molar-refractivity contribution in [2.24, 2.45) is 0 Å². The number of fused-ring (bicyclic) bond motifs is 1. The van der Waals surface area contributed by atoms with Crippen molar-refractivity contribution in [2.75, 3.05) is 18.0 Å². The lowest BCUT2D eigenvalue weighted by molar-refractivity contribution is 0.0746. The smallest absolute Gasteiger partial charge is 0.143 e. The van der Waals surface area contributed by atoms with Crippen molar-refractivity contribution in [1.82, 2.24) is 30.5 Å². The van der Waals surface area contributed by atoms with Gasteiger partial charge in [0.05, 0.1) is 5.69 Å². The third kappa shape index (κ3) is 3.53. The quantitative estimate of drug-likeness (QED) is 0.515. The Kier molecular flexibility index (Phi) is 4.18. The maximum Gasteiger partial charge on any atom is 0.143 e. The zero-order valence-corrected chi connectivity index (χ0v) is 15.4. The van der Waals surface area contributed by atoms with Gasteiger partial charge in [-0.3, -0.25) is 0 Å². The van der Waals surface area contributed by atoms with Crippen LogP contribution in [0.3, 0.4) is 0 Å². The average molecular weight is 386 g/mol. The fourth-order valence-electron chi connectivity index (χ4n) is 3.32. The minimum Gasteiger partial charge on any atom is -0.377 e. The number of aliphatic hydroxyl groups is 1. The SMILES string of the molecule is OC1(C#Cc2ccc3nonc3c2)CCN(c2[c]cc(-n3cnnn3)cc2)CC1. The fraction of sp³-hybridized carbons (Fsp3) is 0.250. The van der Waals surface area contributed by atoms with E-state index in [1.54, 1.807) is 23.1 Å². The molecule has 4 aromatic rings. The summed E-state index contributed by atoms with van der Waals surface area (Å²) >= 11 is 0. The Bertz CT molecular complexity index is 1180. The van der Waals surface area contributed by atoms with Crippen molar-refractivity contribution in [3.63, 3.8) is 0 Å². The van der Waals surface area contributed by atoms with Crippen LogP contribution in [0.1, 0.15) is 18.4 Å². The molecular formula is C20H16N7O2. The van der Waals surface area contributed by atoms with Crippen LogP contribution in [0.4, 0.5) is 5.69 Å². The number of anilines is 1. The van der Waals surface area contributed by atoms with E-state index in [2.05, 4.69) is 48.6 Å². The lowest BCUT2D eigenvalue weighted by Crippen LogP contribution is -2.43. The van der Waals surface area contributed by atoms with Gasteiger partial charge in [-0.05, 0) is 57.1 Å². The van der Waals surface area contributed by atoms with Crippen molar-refractivity contribution in [2.45, 2.75) is 18.4 Å². The zero-order chi connectivity index (χ0) is 19.7. The van der Waals surface area contributed by atoms with Crippen molar-refractivity contribution in [3.8, 4) is 17.5 Å². The molecule has 1 aliphatic rings. The van der Waals surface area contributed by atoms with E-state index in [1.807, 2.05) is 24.3 Å². The van der Waals surface area contributed by atoms with Gasteiger partial charge in [0.15, 0.2) is 0 Å². The highest BCUT2D eigenvalue weighted by Gasteiger charge is 2.30. The van der Waals surface area contributed by atoms with Gasteiger partial charge < -0.3 is 10.0 Å². The van der Waals surface area contributed by atoms with E-state index in [0.29, 0.717) is 37.0 Å². The van der Waals surface area contributed by atoms with Crippen molar-refractivity contribution < 1.29 is 9.74 Å². The molecule has 1 radical (unpaired) electrons. The molecule has 9 nitrogen and oxygen atoms in total. The van der Waals surface area contributed by atoms with E-state index in [1.165, 1.54) is 0 Å². The third-order valence-corrected chi connectivity index (χ3v) is 5.02. The maximum atomic E-state index is 10.9. The Hall–Kier alpha value is -3.77. The van der Waals surface area contributed by atoms with Crippen LogP contribution >= 0.6 is 0 Å². The number of hydrogen-bond acceptors (Lipinski definition) is 8. The van der Waals surface area contributed by atoms with E-state index >= 15 is 0 Å². The van der Waals surface area contributed by atoms with Crippen LogP contribution in [-0.2, 0) is 0 Å². The summed E-state index contributed by atoms with van der Waals surface area (Å²) in [5.74, 6) is 6.09. The van der Waals surface area contributed by atoms with Gasteiger partial charge in [0.1, 0.15) is 23.0 Å². The van der Waals surface area contributed by atoms with Gasteiger partial charge >= 0.3 is 0 Å². The standard InChI is InChI=1S/C20H16N7O2/c28-20(8-7-15-1-6-18-19(13-15)23-29-22-18)9-11-26(12-10-20)16-2-4-17(5-3-16)27-14-21-24-25-27/h1-2,4-6,13-14,28H,9-12H2. The molecular weight excluding hydrogens is 370 g/mol. The van der Waals surface area contributed by atoms with Crippen LogP contribution in [0, 0.1) is 17.9 Å². The Morgan fingerprint density at radius 2 is 1.97 bits per heavy atom. The van der Waals surface area contributed by atoms with Gasteiger partial charge in [0.25, 0.3) is 0 Å². The second-order valence-electron chi connectivity index (χ2n) is 6.92. The van der Waals surface area contributed by atoms with Gasteiger partial charge in [-0.2, -0.15) is 0 Å². The molecule has 143 valence electrons. The van der Waals surface area contributed by atoms with Crippen LogP contribution in [0.15, 0.2) is 47.4 Å². The third-order valence-electron chi connectivity index (χ3n) is 5.02. The highest BCUT2D eigenvalue weighted by Crippen LogP contribution is 2.26. The van der Waals surface area contributed by atoms with Gasteiger partial charge in [0, 0.05) is 43.2 Å². The summed E-state index contributed by atoms with van der Waals surface area (Å²) in [6, 6.07) is 14.5. The molecule has 1 N–H and O–H groups in total. The molecule has 29 heavy (non-hydrogen) atoms. The first-order valence-corrected chi connectivity index (χ1v) is 9.17. The van der Waals surface area contributed by atoms with Crippen molar-refractivity contribution in [1.29, 1.82) is 0 Å². The van der Waals surface area contributed by atoms with E-state index in [0.717, 1.165) is 16.9 Å². The Labute approximate surface area is 165 Å². The molecule has 0 amide bonds. The largest absolute Gasteiger partial charge is 0.377 e. The van der Waals surface area contributed by atoms with Gasteiger partial charge in [0.2, 0.25) is 0 Å². The number of aromatic nitrogens is 6. The molecule has 2 aromatic carbocycles. The number of piperidine rings is 1. The van der Waals surface area contributed by atoms with Crippen molar-refractivity contribution in [3.05, 3.63) is 54.4 Å². The first-order valence-electron chi connectivity index (χ1n) is 9.17. The Balaban J connectivity index is 1.26. The first-order chi connectivity index (χ1) is 14.2. The summed E-state index contributed by atoms with van der Waals surface area (Å²) in [5, 5.41) is 29.6. The van der Waals surface area contributed by atoms with Crippen LogP contribution < -0.4 is 4.90 Å². The highest BCUT2D eigenvalue weighted by atomic mass is 16.6. The van der Waals surface area contributed by atoms with Gasteiger partial charge in [-0.1, -0.05) is 11.8 Å². The van der Waals surface area contributed by atoms with Crippen LogP contribution in [0.2, 0.25) is 0 Å². The van der Waals surface area contributed by atoms with E-state index in [9.17, 15) is 5.11 Å². The minimum absolute atomic E-state index is 0.552. The fourth-order valence-corrected chi connectivity index (χ4v) is 3.32. The average Bonchev–Trinajstić information content (AvgIpc) is 3.45. The molecule has 0 aliphatic carbocycles. The van der Waals surface area contributed by atoms with E-state index < -0.39 is 5.60 Å². The van der Waals surface area contributed by atoms with E-state index in [-0.39, 0.29) is 0 Å². The lowest BCUT2D eigenvalue weighted by atomic mass is 9.91. The highest BCUT2D eigenvalue weighted by molar-refractivity contribution is 5.74. The molecule has 5 rings (SSSR count). The number of benzene rings is 2. The second kappa shape index (κ2) is 7.00. The summed E-state index contributed by atoms with van der Waals surface area (Å²) in [6.45, 7) is 1.39. The molecule has 0 atom stereocenters. The summed E-state index contributed by atoms with van der Waals surface area (Å²) in [5.41, 5.74) is 2.91. The minimum atomic E-state index is -1.01. The van der Waals surface area contributed by atoms with Crippen LogP contribution in [0.5, 0.6) is 0 Å². The maximum absolute atomic E-state index is 10.9. The molecule has 0 spiro atoms. The van der Waals surface area contributed by atoms with Crippen LogP contribution in [-0.4, -0.2) is 54.3 Å².